The zero-order chi connectivity index (χ0) is 22.4. The number of carbonyl (C=O) groups is 4. The molecular weight excluding hydrogens is 384 g/mol. The molecule has 29 heavy (non-hydrogen) atoms. The van der Waals surface area contributed by atoms with E-state index < -0.39 is 48.2 Å². The SMILES string of the molecule is NCCCCC(NC(=O)C(CCCN=C(N)N)NC(=O)C(N)CC(N)=O)C(=O)O. The molecule has 0 aliphatic rings. The van der Waals surface area contributed by atoms with E-state index in [0.717, 1.165) is 0 Å². The fourth-order valence-corrected chi connectivity index (χ4v) is 2.38. The zero-order valence-electron chi connectivity index (χ0n) is 16.3. The van der Waals surface area contributed by atoms with E-state index in [4.69, 9.17) is 28.7 Å². The minimum Gasteiger partial charge on any atom is -0.480 e. The van der Waals surface area contributed by atoms with Crippen LogP contribution in [0, 0.1) is 0 Å². The van der Waals surface area contributed by atoms with Crippen LogP contribution in [-0.2, 0) is 19.2 Å². The largest absolute Gasteiger partial charge is 0.480 e. The third kappa shape index (κ3) is 12.2. The fourth-order valence-electron chi connectivity index (χ4n) is 2.38. The number of nitrogens with one attached hydrogen (secondary N) is 2. The molecule has 0 aromatic carbocycles. The summed E-state index contributed by atoms with van der Waals surface area (Å²) in [5.74, 6) is -3.56. The van der Waals surface area contributed by atoms with Gasteiger partial charge < -0.3 is 44.4 Å². The molecular formula is C16H32N8O5. The van der Waals surface area contributed by atoms with Gasteiger partial charge in [-0.05, 0) is 38.6 Å². The Labute approximate surface area is 168 Å². The third-order valence-corrected chi connectivity index (χ3v) is 3.90. The highest BCUT2D eigenvalue weighted by molar-refractivity contribution is 5.93. The number of aliphatic imine (C=N–C) groups is 1. The summed E-state index contributed by atoms with van der Waals surface area (Å²) >= 11 is 0. The highest BCUT2D eigenvalue weighted by Gasteiger charge is 2.27. The van der Waals surface area contributed by atoms with Gasteiger partial charge in [0.1, 0.15) is 12.1 Å². The summed E-state index contributed by atoms with van der Waals surface area (Å²) in [6.45, 7) is 0.607. The van der Waals surface area contributed by atoms with Crippen molar-refractivity contribution in [2.75, 3.05) is 13.1 Å². The van der Waals surface area contributed by atoms with Crippen LogP contribution in [0.25, 0.3) is 0 Å². The molecule has 0 spiro atoms. The summed E-state index contributed by atoms with van der Waals surface area (Å²) in [5, 5.41) is 14.1. The lowest BCUT2D eigenvalue weighted by Gasteiger charge is -2.22. The molecule has 0 aromatic rings. The second-order valence-electron chi connectivity index (χ2n) is 6.47. The Morgan fingerprint density at radius 1 is 0.897 bits per heavy atom. The first kappa shape index (κ1) is 26.1. The molecule has 3 amide bonds. The number of rotatable bonds is 15. The molecule has 13 heteroatoms. The zero-order valence-corrected chi connectivity index (χ0v) is 16.3. The van der Waals surface area contributed by atoms with Gasteiger partial charge in [0.15, 0.2) is 5.96 Å². The van der Waals surface area contributed by atoms with Crippen LogP contribution in [0.15, 0.2) is 4.99 Å². The summed E-state index contributed by atoms with van der Waals surface area (Å²) in [4.78, 5) is 50.8. The van der Waals surface area contributed by atoms with Crippen LogP contribution in [0.1, 0.15) is 38.5 Å². The molecule has 3 unspecified atom stereocenters. The fraction of sp³-hybridized carbons (Fsp3) is 0.688. The molecule has 0 bridgehead atoms. The monoisotopic (exact) mass is 416 g/mol. The first-order chi connectivity index (χ1) is 13.6. The number of primary amides is 1. The Balaban J connectivity index is 5.09. The van der Waals surface area contributed by atoms with Gasteiger partial charge in [-0.2, -0.15) is 0 Å². The molecule has 0 heterocycles. The second-order valence-corrected chi connectivity index (χ2v) is 6.47. The average molecular weight is 416 g/mol. The molecule has 0 saturated carbocycles. The number of carbonyl (C=O) groups excluding carboxylic acids is 3. The number of unbranched alkanes of at least 4 members (excludes halogenated alkanes) is 1. The van der Waals surface area contributed by atoms with Crippen molar-refractivity contribution in [3.63, 3.8) is 0 Å². The molecule has 3 atom stereocenters. The van der Waals surface area contributed by atoms with Gasteiger partial charge in [0, 0.05) is 6.54 Å². The molecule has 13 N–H and O–H groups in total. The molecule has 0 rings (SSSR count). The highest BCUT2D eigenvalue weighted by Crippen LogP contribution is 2.05. The maximum absolute atomic E-state index is 12.6. The van der Waals surface area contributed by atoms with Gasteiger partial charge >= 0.3 is 5.97 Å². The maximum Gasteiger partial charge on any atom is 0.326 e. The smallest absolute Gasteiger partial charge is 0.326 e. The number of hydrogen-bond acceptors (Lipinski definition) is 7. The van der Waals surface area contributed by atoms with Crippen molar-refractivity contribution in [1.29, 1.82) is 0 Å². The van der Waals surface area contributed by atoms with Crippen LogP contribution < -0.4 is 39.3 Å². The molecule has 0 radical (unpaired) electrons. The van der Waals surface area contributed by atoms with Crippen molar-refractivity contribution in [1.82, 2.24) is 10.6 Å². The van der Waals surface area contributed by atoms with Crippen molar-refractivity contribution in [3.8, 4) is 0 Å². The number of aliphatic carboxylic acids is 1. The maximum atomic E-state index is 12.6. The molecule has 0 saturated heterocycles. The van der Waals surface area contributed by atoms with Crippen molar-refractivity contribution in [2.24, 2.45) is 33.7 Å². The van der Waals surface area contributed by atoms with E-state index in [2.05, 4.69) is 15.6 Å². The summed E-state index contributed by atoms with van der Waals surface area (Å²) in [6, 6.07) is -3.46. The Morgan fingerprint density at radius 2 is 1.48 bits per heavy atom. The predicted molar refractivity (Wildman–Crippen MR) is 106 cm³/mol. The van der Waals surface area contributed by atoms with Crippen molar-refractivity contribution in [2.45, 2.75) is 56.7 Å². The first-order valence-corrected chi connectivity index (χ1v) is 9.21. The standard InChI is InChI=1S/C16H32N8O5/c17-6-2-1-4-11(15(28)29)24-14(27)10(5-3-7-22-16(20)21)23-13(26)9(18)8-12(19)25/h9-11H,1-8,17-18H2,(H2,19,25)(H,23,26)(H,24,27)(H,28,29)(H4,20,21,22). The highest BCUT2D eigenvalue weighted by atomic mass is 16.4. The van der Waals surface area contributed by atoms with E-state index in [1.165, 1.54) is 0 Å². The Bertz CT molecular complexity index is 594. The minimum absolute atomic E-state index is 0.118. The summed E-state index contributed by atoms with van der Waals surface area (Å²) in [7, 11) is 0. The molecule has 0 aliphatic carbocycles. The van der Waals surface area contributed by atoms with Gasteiger partial charge in [0.25, 0.3) is 0 Å². The topological polar surface area (TPSA) is 255 Å². The summed E-state index contributed by atoms with van der Waals surface area (Å²) in [6.07, 6.45) is 1.36. The van der Waals surface area contributed by atoms with E-state index in [9.17, 15) is 24.3 Å². The van der Waals surface area contributed by atoms with Crippen molar-refractivity contribution < 1.29 is 24.3 Å². The number of carboxylic acids is 1. The van der Waals surface area contributed by atoms with Crippen LogP contribution in [0.2, 0.25) is 0 Å². The Morgan fingerprint density at radius 3 is 2.00 bits per heavy atom. The van der Waals surface area contributed by atoms with Crippen LogP contribution in [0.5, 0.6) is 0 Å². The van der Waals surface area contributed by atoms with Crippen LogP contribution in [-0.4, -0.2) is 66.0 Å². The number of hydrogen-bond donors (Lipinski definition) is 8. The second kappa shape index (κ2) is 14.1. The van der Waals surface area contributed by atoms with E-state index in [1.54, 1.807) is 0 Å². The van der Waals surface area contributed by atoms with Gasteiger partial charge in [-0.15, -0.1) is 0 Å². The lowest BCUT2D eigenvalue weighted by molar-refractivity contribution is -0.142. The predicted octanol–water partition coefficient (Wildman–Crippen LogP) is -3.57. The Hall–Kier alpha value is -2.93. The average Bonchev–Trinajstić information content (AvgIpc) is 2.62. The van der Waals surface area contributed by atoms with E-state index in [-0.39, 0.29) is 25.3 Å². The van der Waals surface area contributed by atoms with Crippen LogP contribution >= 0.6 is 0 Å². The van der Waals surface area contributed by atoms with Crippen LogP contribution in [0.3, 0.4) is 0 Å². The third-order valence-electron chi connectivity index (χ3n) is 3.90. The summed E-state index contributed by atoms with van der Waals surface area (Å²) < 4.78 is 0. The van der Waals surface area contributed by atoms with Crippen LogP contribution in [0.4, 0.5) is 0 Å². The number of amides is 3. The van der Waals surface area contributed by atoms with Gasteiger partial charge in [0.2, 0.25) is 17.7 Å². The van der Waals surface area contributed by atoms with Crippen molar-refractivity contribution >= 4 is 29.7 Å². The lowest BCUT2D eigenvalue weighted by Crippen LogP contribution is -2.54. The van der Waals surface area contributed by atoms with Crippen molar-refractivity contribution in [3.05, 3.63) is 0 Å². The normalized spacial score (nSPS) is 13.6. The Kier molecular flexibility index (Phi) is 12.7. The van der Waals surface area contributed by atoms with E-state index >= 15 is 0 Å². The number of carboxylic acid groups (broad SMARTS) is 1. The quantitative estimate of drug-likeness (QED) is 0.0744. The number of nitrogens with zero attached hydrogens (tertiary/aromatic N) is 1. The van der Waals surface area contributed by atoms with E-state index in [0.29, 0.717) is 25.8 Å². The van der Waals surface area contributed by atoms with Gasteiger partial charge in [0.05, 0.1) is 12.5 Å². The molecule has 0 aromatic heterocycles. The van der Waals surface area contributed by atoms with Gasteiger partial charge in [-0.25, -0.2) is 4.79 Å². The number of nitrogens with two attached hydrogens (primary N) is 5. The molecule has 0 fully saturated rings. The minimum atomic E-state index is -1.24. The molecule has 166 valence electrons. The van der Waals surface area contributed by atoms with Gasteiger partial charge in [-0.1, -0.05) is 0 Å². The van der Waals surface area contributed by atoms with E-state index in [1.807, 2.05) is 0 Å². The molecule has 13 nitrogen and oxygen atoms in total. The summed E-state index contributed by atoms with van der Waals surface area (Å²) in [5.41, 5.74) is 26.5. The van der Waals surface area contributed by atoms with Gasteiger partial charge in [-0.3, -0.25) is 19.4 Å². The number of guanidine groups is 1. The lowest BCUT2D eigenvalue weighted by atomic mass is 10.1. The molecule has 0 aliphatic heterocycles. The first-order valence-electron chi connectivity index (χ1n) is 9.21.